The summed E-state index contributed by atoms with van der Waals surface area (Å²) in [5, 5.41) is 5.94. The second-order valence-electron chi connectivity index (χ2n) is 8.06. The zero-order valence-electron chi connectivity index (χ0n) is 19.6. The molecule has 33 heavy (non-hydrogen) atoms. The molecule has 2 amide bonds. The standard InChI is InChI=1S/C25H33N3O5/c1-31-21-7-4-18(5-8-21)10-13-26-25(30)19-11-14-28(15-12-19)17-24(29)27-20-6-9-22(32-2)23(16-20)33-3/h4-9,16,19H,10-15,17H2,1-3H3,(H,26,30)(H,27,29). The van der Waals surface area contributed by atoms with Crippen LogP contribution in [0.15, 0.2) is 42.5 Å². The summed E-state index contributed by atoms with van der Waals surface area (Å²) < 4.78 is 15.7. The van der Waals surface area contributed by atoms with Crippen LogP contribution in [0.1, 0.15) is 18.4 Å². The molecule has 2 aromatic rings. The van der Waals surface area contributed by atoms with Gasteiger partial charge in [-0.15, -0.1) is 0 Å². The van der Waals surface area contributed by atoms with Crippen molar-refractivity contribution < 1.29 is 23.8 Å². The molecule has 178 valence electrons. The molecule has 0 aromatic heterocycles. The van der Waals surface area contributed by atoms with Gasteiger partial charge in [0.2, 0.25) is 11.8 Å². The van der Waals surface area contributed by atoms with Crippen molar-refractivity contribution in [1.82, 2.24) is 10.2 Å². The highest BCUT2D eigenvalue weighted by Crippen LogP contribution is 2.29. The molecule has 0 atom stereocenters. The second kappa shape index (κ2) is 12.1. The molecule has 1 aliphatic rings. The van der Waals surface area contributed by atoms with Crippen molar-refractivity contribution in [1.29, 1.82) is 0 Å². The molecular weight excluding hydrogens is 422 g/mol. The monoisotopic (exact) mass is 455 g/mol. The number of anilines is 1. The van der Waals surface area contributed by atoms with Crippen molar-refractivity contribution in [2.45, 2.75) is 19.3 Å². The fourth-order valence-electron chi connectivity index (χ4n) is 3.94. The summed E-state index contributed by atoms with van der Waals surface area (Å²) in [7, 11) is 4.77. The van der Waals surface area contributed by atoms with E-state index in [2.05, 4.69) is 15.5 Å². The van der Waals surface area contributed by atoms with Crippen LogP contribution < -0.4 is 24.8 Å². The molecule has 8 heteroatoms. The van der Waals surface area contributed by atoms with Gasteiger partial charge in [0.1, 0.15) is 5.75 Å². The minimum Gasteiger partial charge on any atom is -0.497 e. The third-order valence-electron chi connectivity index (χ3n) is 5.86. The molecule has 0 saturated carbocycles. The van der Waals surface area contributed by atoms with Gasteiger partial charge in [-0.2, -0.15) is 0 Å². The lowest BCUT2D eigenvalue weighted by molar-refractivity contribution is -0.126. The quantitative estimate of drug-likeness (QED) is 0.573. The van der Waals surface area contributed by atoms with E-state index >= 15 is 0 Å². The van der Waals surface area contributed by atoms with Crippen LogP contribution in [-0.2, 0) is 16.0 Å². The van der Waals surface area contributed by atoms with Gasteiger partial charge in [-0.25, -0.2) is 0 Å². The molecule has 3 rings (SSSR count). The Bertz CT molecular complexity index is 924. The van der Waals surface area contributed by atoms with Crippen LogP contribution in [0.5, 0.6) is 17.2 Å². The average Bonchev–Trinajstić information content (AvgIpc) is 2.84. The van der Waals surface area contributed by atoms with Gasteiger partial charge in [0, 0.05) is 24.2 Å². The molecule has 1 saturated heterocycles. The second-order valence-corrected chi connectivity index (χ2v) is 8.06. The topological polar surface area (TPSA) is 89.1 Å². The number of hydrogen-bond donors (Lipinski definition) is 2. The molecule has 0 unspecified atom stereocenters. The van der Waals surface area contributed by atoms with Crippen molar-refractivity contribution in [3.8, 4) is 17.2 Å². The highest BCUT2D eigenvalue weighted by molar-refractivity contribution is 5.92. The molecule has 2 N–H and O–H groups in total. The number of piperidine rings is 1. The Labute approximate surface area is 195 Å². The fraction of sp³-hybridized carbons (Fsp3) is 0.440. The first-order valence-electron chi connectivity index (χ1n) is 11.2. The lowest BCUT2D eigenvalue weighted by Crippen LogP contribution is -2.43. The number of nitrogens with zero attached hydrogens (tertiary/aromatic N) is 1. The first kappa shape index (κ1) is 24.4. The maximum atomic E-state index is 12.5. The van der Waals surface area contributed by atoms with Crippen LogP contribution in [0.3, 0.4) is 0 Å². The first-order valence-corrected chi connectivity index (χ1v) is 11.2. The smallest absolute Gasteiger partial charge is 0.238 e. The normalized spacial score (nSPS) is 14.4. The number of methoxy groups -OCH3 is 3. The van der Waals surface area contributed by atoms with E-state index in [1.165, 1.54) is 0 Å². The number of amides is 2. The van der Waals surface area contributed by atoms with E-state index in [1.807, 2.05) is 24.3 Å². The van der Waals surface area contributed by atoms with Crippen LogP contribution >= 0.6 is 0 Å². The average molecular weight is 456 g/mol. The van der Waals surface area contributed by atoms with Crippen molar-refractivity contribution in [3.63, 3.8) is 0 Å². The molecular formula is C25H33N3O5. The van der Waals surface area contributed by atoms with Crippen LogP contribution in [0.25, 0.3) is 0 Å². The Morgan fingerprint density at radius 2 is 1.64 bits per heavy atom. The Morgan fingerprint density at radius 1 is 0.939 bits per heavy atom. The molecule has 8 nitrogen and oxygen atoms in total. The van der Waals surface area contributed by atoms with E-state index in [9.17, 15) is 9.59 Å². The zero-order chi connectivity index (χ0) is 23.6. The fourth-order valence-corrected chi connectivity index (χ4v) is 3.94. The van der Waals surface area contributed by atoms with Gasteiger partial charge in [0.15, 0.2) is 11.5 Å². The molecule has 0 spiro atoms. The number of ether oxygens (including phenoxy) is 3. The zero-order valence-corrected chi connectivity index (χ0v) is 19.6. The van der Waals surface area contributed by atoms with E-state index in [0.717, 1.165) is 43.7 Å². The van der Waals surface area contributed by atoms with Crippen LogP contribution in [-0.4, -0.2) is 64.2 Å². The number of likely N-dealkylation sites (tertiary alicyclic amines) is 1. The predicted octanol–water partition coefficient (Wildman–Crippen LogP) is 2.72. The summed E-state index contributed by atoms with van der Waals surface area (Å²) in [6.07, 6.45) is 2.28. The minimum absolute atomic E-state index is 0.00831. The summed E-state index contributed by atoms with van der Waals surface area (Å²) in [6, 6.07) is 13.1. The van der Waals surface area contributed by atoms with E-state index < -0.39 is 0 Å². The molecule has 1 fully saturated rings. The molecule has 1 heterocycles. The third kappa shape index (κ3) is 7.12. The van der Waals surface area contributed by atoms with Gasteiger partial charge >= 0.3 is 0 Å². The molecule has 0 radical (unpaired) electrons. The minimum atomic E-state index is -0.0930. The number of rotatable bonds is 10. The third-order valence-corrected chi connectivity index (χ3v) is 5.86. The van der Waals surface area contributed by atoms with E-state index in [0.29, 0.717) is 30.3 Å². The number of hydrogen-bond acceptors (Lipinski definition) is 6. The van der Waals surface area contributed by atoms with Gasteiger partial charge in [-0.3, -0.25) is 14.5 Å². The highest BCUT2D eigenvalue weighted by atomic mass is 16.5. The maximum Gasteiger partial charge on any atom is 0.238 e. The van der Waals surface area contributed by atoms with Crippen molar-refractivity contribution in [3.05, 3.63) is 48.0 Å². The molecule has 0 aliphatic carbocycles. The van der Waals surface area contributed by atoms with Gasteiger partial charge in [0.05, 0.1) is 27.9 Å². The Balaban J connectivity index is 1.37. The summed E-state index contributed by atoms with van der Waals surface area (Å²) in [6.45, 7) is 2.34. The lowest BCUT2D eigenvalue weighted by Gasteiger charge is -2.30. The van der Waals surface area contributed by atoms with Gasteiger partial charge in [-0.05, 0) is 62.2 Å². The predicted molar refractivity (Wildman–Crippen MR) is 127 cm³/mol. The van der Waals surface area contributed by atoms with E-state index in [1.54, 1.807) is 39.5 Å². The van der Waals surface area contributed by atoms with Crippen LogP contribution in [0.2, 0.25) is 0 Å². The van der Waals surface area contributed by atoms with Gasteiger partial charge in [0.25, 0.3) is 0 Å². The maximum absolute atomic E-state index is 12.5. The molecule has 0 bridgehead atoms. The largest absolute Gasteiger partial charge is 0.497 e. The summed E-state index contributed by atoms with van der Waals surface area (Å²) in [5.41, 5.74) is 1.81. The Hall–Kier alpha value is -3.26. The summed E-state index contributed by atoms with van der Waals surface area (Å²) in [4.78, 5) is 27.1. The lowest BCUT2D eigenvalue weighted by atomic mass is 9.96. The van der Waals surface area contributed by atoms with Crippen molar-refractivity contribution in [2.24, 2.45) is 5.92 Å². The van der Waals surface area contributed by atoms with E-state index in [4.69, 9.17) is 14.2 Å². The van der Waals surface area contributed by atoms with E-state index in [-0.39, 0.29) is 17.7 Å². The molecule has 1 aliphatic heterocycles. The van der Waals surface area contributed by atoms with Crippen LogP contribution in [0, 0.1) is 5.92 Å². The van der Waals surface area contributed by atoms with Crippen LogP contribution in [0.4, 0.5) is 5.69 Å². The molecule has 2 aromatic carbocycles. The van der Waals surface area contributed by atoms with Crippen molar-refractivity contribution >= 4 is 17.5 Å². The SMILES string of the molecule is COc1ccc(CCNC(=O)C2CCN(CC(=O)Nc3ccc(OC)c(OC)c3)CC2)cc1. The highest BCUT2D eigenvalue weighted by Gasteiger charge is 2.25. The Morgan fingerprint density at radius 3 is 2.27 bits per heavy atom. The van der Waals surface area contributed by atoms with Gasteiger partial charge < -0.3 is 24.8 Å². The number of carbonyl (C=O) groups is 2. The summed E-state index contributed by atoms with van der Waals surface area (Å²) >= 11 is 0. The van der Waals surface area contributed by atoms with Gasteiger partial charge in [-0.1, -0.05) is 12.1 Å². The first-order chi connectivity index (χ1) is 16.0. The number of benzene rings is 2. The number of carbonyl (C=O) groups excluding carboxylic acids is 2. The number of nitrogens with one attached hydrogen (secondary N) is 2. The summed E-state index contributed by atoms with van der Waals surface area (Å²) in [5.74, 6) is 1.99. The van der Waals surface area contributed by atoms with Crippen molar-refractivity contribution in [2.75, 3.05) is 52.8 Å². The Kier molecular flexibility index (Phi) is 8.95.